The molecule has 2 aromatic rings. The van der Waals surface area contributed by atoms with Crippen LogP contribution in [0.4, 0.5) is 10.1 Å². The Kier molecular flexibility index (Phi) is 5.68. The molecule has 126 valence electrons. The zero-order valence-electron chi connectivity index (χ0n) is 14.0. The molecule has 0 bridgehead atoms. The molecule has 0 saturated heterocycles. The van der Waals surface area contributed by atoms with Crippen molar-refractivity contribution in [2.24, 2.45) is 0 Å². The van der Waals surface area contributed by atoms with E-state index in [4.69, 9.17) is 4.74 Å². The van der Waals surface area contributed by atoms with Crippen molar-refractivity contribution in [3.63, 3.8) is 0 Å². The molecule has 0 unspecified atom stereocenters. The smallest absolute Gasteiger partial charge is 0.326 e. The van der Waals surface area contributed by atoms with Crippen LogP contribution in [-0.2, 0) is 9.53 Å². The van der Waals surface area contributed by atoms with Gasteiger partial charge in [-0.3, -0.25) is 14.5 Å². The standard InChI is InChI=1S/C19H20FNO3/c1-4-24-17(22)12-21(18-13(2)6-5-7-14(18)3)19(23)15-8-10-16(20)11-9-15/h5-11H,4,12H2,1-3H3. The van der Waals surface area contributed by atoms with Crippen LogP contribution < -0.4 is 4.90 Å². The molecule has 24 heavy (non-hydrogen) atoms. The fourth-order valence-electron chi connectivity index (χ4n) is 2.57. The van der Waals surface area contributed by atoms with Crippen molar-refractivity contribution in [1.29, 1.82) is 0 Å². The largest absolute Gasteiger partial charge is 0.465 e. The Morgan fingerprint density at radius 2 is 1.62 bits per heavy atom. The second kappa shape index (κ2) is 7.73. The molecule has 1 amide bonds. The van der Waals surface area contributed by atoms with E-state index in [1.165, 1.54) is 29.2 Å². The van der Waals surface area contributed by atoms with Gasteiger partial charge in [0.05, 0.1) is 12.3 Å². The summed E-state index contributed by atoms with van der Waals surface area (Å²) in [5, 5.41) is 0. The quantitative estimate of drug-likeness (QED) is 0.787. The minimum absolute atomic E-state index is 0.199. The molecule has 0 aliphatic rings. The topological polar surface area (TPSA) is 46.6 Å². The van der Waals surface area contributed by atoms with Crippen LogP contribution in [0.3, 0.4) is 0 Å². The number of esters is 1. The number of anilines is 1. The number of para-hydroxylation sites is 1. The van der Waals surface area contributed by atoms with E-state index in [1.54, 1.807) is 6.92 Å². The Balaban J connectivity index is 2.44. The van der Waals surface area contributed by atoms with Gasteiger partial charge < -0.3 is 4.74 Å². The van der Waals surface area contributed by atoms with Crippen LogP contribution in [0.25, 0.3) is 0 Å². The summed E-state index contributed by atoms with van der Waals surface area (Å²) in [6.45, 7) is 5.50. The predicted molar refractivity (Wildman–Crippen MR) is 90.6 cm³/mol. The lowest BCUT2D eigenvalue weighted by molar-refractivity contribution is -0.141. The van der Waals surface area contributed by atoms with E-state index in [-0.39, 0.29) is 19.1 Å². The highest BCUT2D eigenvalue weighted by atomic mass is 19.1. The average Bonchev–Trinajstić information content (AvgIpc) is 2.54. The molecule has 0 heterocycles. The van der Waals surface area contributed by atoms with E-state index in [1.807, 2.05) is 32.0 Å². The van der Waals surface area contributed by atoms with Gasteiger partial charge >= 0.3 is 5.97 Å². The first-order valence-corrected chi connectivity index (χ1v) is 7.73. The van der Waals surface area contributed by atoms with Gasteiger partial charge in [0.2, 0.25) is 0 Å². The number of halogens is 1. The molecular weight excluding hydrogens is 309 g/mol. The number of amides is 1. The zero-order chi connectivity index (χ0) is 17.7. The van der Waals surface area contributed by atoms with Gasteiger partial charge in [-0.05, 0) is 56.2 Å². The Labute approximate surface area is 140 Å². The van der Waals surface area contributed by atoms with Crippen LogP contribution >= 0.6 is 0 Å². The van der Waals surface area contributed by atoms with Crippen molar-refractivity contribution in [1.82, 2.24) is 0 Å². The number of carbonyl (C=O) groups is 2. The normalized spacial score (nSPS) is 10.3. The molecule has 0 atom stereocenters. The van der Waals surface area contributed by atoms with Crippen molar-refractivity contribution in [3.8, 4) is 0 Å². The first-order chi connectivity index (χ1) is 11.4. The van der Waals surface area contributed by atoms with Crippen LogP contribution in [0.1, 0.15) is 28.4 Å². The number of carbonyl (C=O) groups excluding carboxylic acids is 2. The molecule has 2 rings (SSSR count). The third kappa shape index (κ3) is 3.98. The number of hydrogen-bond acceptors (Lipinski definition) is 3. The summed E-state index contributed by atoms with van der Waals surface area (Å²) >= 11 is 0. The van der Waals surface area contributed by atoms with E-state index in [9.17, 15) is 14.0 Å². The predicted octanol–water partition coefficient (Wildman–Crippen LogP) is 3.65. The van der Waals surface area contributed by atoms with Gasteiger partial charge in [-0.1, -0.05) is 18.2 Å². The van der Waals surface area contributed by atoms with Crippen molar-refractivity contribution >= 4 is 17.6 Å². The summed E-state index contributed by atoms with van der Waals surface area (Å²) in [5.41, 5.74) is 2.72. The molecule has 0 saturated carbocycles. The summed E-state index contributed by atoms with van der Waals surface area (Å²) in [4.78, 5) is 26.2. The van der Waals surface area contributed by atoms with Crippen molar-refractivity contribution < 1.29 is 18.7 Å². The van der Waals surface area contributed by atoms with Gasteiger partial charge in [-0.2, -0.15) is 0 Å². The monoisotopic (exact) mass is 329 g/mol. The number of hydrogen-bond donors (Lipinski definition) is 0. The van der Waals surface area contributed by atoms with Crippen molar-refractivity contribution in [2.45, 2.75) is 20.8 Å². The third-order valence-electron chi connectivity index (χ3n) is 3.64. The molecule has 0 spiro atoms. The fourth-order valence-corrected chi connectivity index (χ4v) is 2.57. The van der Waals surface area contributed by atoms with Gasteiger partial charge in [0.25, 0.3) is 5.91 Å². The minimum Gasteiger partial charge on any atom is -0.465 e. The highest BCUT2D eigenvalue weighted by Gasteiger charge is 2.24. The number of nitrogens with zero attached hydrogens (tertiary/aromatic N) is 1. The second-order valence-electron chi connectivity index (χ2n) is 5.44. The van der Waals surface area contributed by atoms with Crippen molar-refractivity contribution in [2.75, 3.05) is 18.1 Å². The molecule has 0 aromatic heterocycles. The lowest BCUT2D eigenvalue weighted by Gasteiger charge is -2.25. The second-order valence-corrected chi connectivity index (χ2v) is 5.44. The molecule has 0 radical (unpaired) electrons. The first kappa shape index (κ1) is 17.7. The highest BCUT2D eigenvalue weighted by molar-refractivity contribution is 6.09. The Morgan fingerprint density at radius 3 is 2.17 bits per heavy atom. The van der Waals surface area contributed by atoms with Gasteiger partial charge in [0.1, 0.15) is 12.4 Å². The summed E-state index contributed by atoms with van der Waals surface area (Å²) in [6, 6.07) is 10.9. The van der Waals surface area contributed by atoms with E-state index in [0.29, 0.717) is 11.3 Å². The van der Waals surface area contributed by atoms with Crippen LogP contribution in [0, 0.1) is 19.7 Å². The zero-order valence-corrected chi connectivity index (χ0v) is 14.0. The number of ether oxygens (including phenoxy) is 1. The molecule has 0 aliphatic heterocycles. The number of benzene rings is 2. The van der Waals surface area contributed by atoms with Gasteiger partial charge in [-0.15, -0.1) is 0 Å². The molecule has 0 aliphatic carbocycles. The van der Waals surface area contributed by atoms with Crippen LogP contribution in [0.15, 0.2) is 42.5 Å². The lowest BCUT2D eigenvalue weighted by atomic mass is 10.1. The molecular formula is C19H20FNO3. The minimum atomic E-state index is -0.490. The van der Waals surface area contributed by atoms with E-state index in [0.717, 1.165) is 11.1 Å². The average molecular weight is 329 g/mol. The van der Waals surface area contributed by atoms with Crippen LogP contribution in [0.2, 0.25) is 0 Å². The van der Waals surface area contributed by atoms with E-state index < -0.39 is 11.8 Å². The van der Waals surface area contributed by atoms with Gasteiger partial charge in [0.15, 0.2) is 0 Å². The van der Waals surface area contributed by atoms with Crippen LogP contribution in [0.5, 0.6) is 0 Å². The Morgan fingerprint density at radius 1 is 1.04 bits per heavy atom. The van der Waals surface area contributed by atoms with E-state index in [2.05, 4.69) is 0 Å². The van der Waals surface area contributed by atoms with Crippen molar-refractivity contribution in [3.05, 3.63) is 65.0 Å². The number of rotatable bonds is 5. The van der Waals surface area contributed by atoms with Gasteiger partial charge in [-0.25, -0.2) is 4.39 Å². The molecule has 5 heteroatoms. The summed E-state index contributed by atoms with van der Waals surface area (Å²) < 4.78 is 18.1. The third-order valence-corrected chi connectivity index (χ3v) is 3.64. The summed E-state index contributed by atoms with van der Waals surface area (Å²) in [7, 11) is 0. The Bertz CT molecular complexity index is 721. The molecule has 0 N–H and O–H groups in total. The summed E-state index contributed by atoms with van der Waals surface area (Å²) in [6.07, 6.45) is 0. The van der Waals surface area contributed by atoms with Crippen LogP contribution in [-0.4, -0.2) is 25.0 Å². The molecule has 0 fully saturated rings. The molecule has 2 aromatic carbocycles. The lowest BCUT2D eigenvalue weighted by Crippen LogP contribution is -2.37. The van der Waals surface area contributed by atoms with E-state index >= 15 is 0 Å². The van der Waals surface area contributed by atoms with Gasteiger partial charge in [0, 0.05) is 5.56 Å². The summed E-state index contributed by atoms with van der Waals surface area (Å²) in [5.74, 6) is -1.29. The Hall–Kier alpha value is -2.69. The highest BCUT2D eigenvalue weighted by Crippen LogP contribution is 2.26. The maximum Gasteiger partial charge on any atom is 0.326 e. The SMILES string of the molecule is CCOC(=O)CN(C(=O)c1ccc(F)cc1)c1c(C)cccc1C. The molecule has 4 nitrogen and oxygen atoms in total. The maximum atomic E-state index is 13.1. The number of aryl methyl sites for hydroxylation is 2. The maximum absolute atomic E-state index is 13.1. The first-order valence-electron chi connectivity index (χ1n) is 7.73. The fraction of sp³-hybridized carbons (Fsp3) is 0.263.